The molecule has 1 aromatic rings. The van der Waals surface area contributed by atoms with Gasteiger partial charge in [0, 0.05) is 11.4 Å². The van der Waals surface area contributed by atoms with Crippen LogP contribution >= 0.6 is 22.9 Å². The first-order chi connectivity index (χ1) is 8.03. The third-order valence-electron chi connectivity index (χ3n) is 2.96. The molecule has 0 unspecified atom stereocenters. The van der Waals surface area contributed by atoms with Gasteiger partial charge < -0.3 is 11.1 Å². The highest BCUT2D eigenvalue weighted by Gasteiger charge is 2.15. The van der Waals surface area contributed by atoms with Crippen LogP contribution < -0.4 is 11.1 Å². The van der Waals surface area contributed by atoms with Gasteiger partial charge in [-0.2, -0.15) is 0 Å². The van der Waals surface area contributed by atoms with Gasteiger partial charge in [-0.25, -0.2) is 0 Å². The van der Waals surface area contributed by atoms with Crippen molar-refractivity contribution in [3.63, 3.8) is 0 Å². The van der Waals surface area contributed by atoms with Crippen molar-refractivity contribution in [2.75, 3.05) is 13.1 Å². The van der Waals surface area contributed by atoms with Gasteiger partial charge >= 0.3 is 0 Å². The van der Waals surface area contributed by atoms with Crippen LogP contribution in [0.1, 0.15) is 38.0 Å². The summed E-state index contributed by atoms with van der Waals surface area (Å²) in [5, 5.41) is 3.45. The zero-order valence-electron chi connectivity index (χ0n) is 10.8. The molecule has 0 fully saturated rings. The Morgan fingerprint density at radius 1 is 1.35 bits per heavy atom. The minimum atomic E-state index is 0.378. The van der Waals surface area contributed by atoms with Crippen LogP contribution in [-0.4, -0.2) is 13.1 Å². The molecule has 4 heteroatoms. The first-order valence-corrected chi connectivity index (χ1v) is 7.38. The van der Waals surface area contributed by atoms with Crippen molar-refractivity contribution in [2.45, 2.75) is 39.7 Å². The average molecular weight is 275 g/mol. The van der Waals surface area contributed by atoms with Gasteiger partial charge in [-0.1, -0.05) is 25.4 Å². The van der Waals surface area contributed by atoms with E-state index in [1.165, 1.54) is 17.7 Å². The third kappa shape index (κ3) is 6.41. The molecule has 0 atom stereocenters. The number of halogens is 1. The lowest BCUT2D eigenvalue weighted by Crippen LogP contribution is -2.20. The van der Waals surface area contributed by atoms with E-state index in [0.29, 0.717) is 5.41 Å². The van der Waals surface area contributed by atoms with E-state index in [4.69, 9.17) is 17.3 Å². The Morgan fingerprint density at radius 3 is 2.71 bits per heavy atom. The summed E-state index contributed by atoms with van der Waals surface area (Å²) < 4.78 is 0.867. The SMILES string of the molecule is CC(C)(CCN)CCCNCc1ccc(Cl)s1. The van der Waals surface area contributed by atoms with E-state index >= 15 is 0 Å². The molecule has 1 aromatic heterocycles. The van der Waals surface area contributed by atoms with Gasteiger partial charge in [-0.3, -0.25) is 0 Å². The molecule has 3 N–H and O–H groups in total. The fraction of sp³-hybridized carbons (Fsp3) is 0.692. The van der Waals surface area contributed by atoms with E-state index in [-0.39, 0.29) is 0 Å². The number of hydrogen-bond donors (Lipinski definition) is 2. The monoisotopic (exact) mass is 274 g/mol. The molecule has 0 spiro atoms. The van der Waals surface area contributed by atoms with Crippen LogP contribution in [0.25, 0.3) is 0 Å². The van der Waals surface area contributed by atoms with E-state index in [0.717, 1.165) is 30.4 Å². The first-order valence-electron chi connectivity index (χ1n) is 6.18. The second kappa shape index (κ2) is 7.37. The molecule has 0 saturated carbocycles. The molecule has 98 valence electrons. The maximum absolute atomic E-state index is 5.87. The van der Waals surface area contributed by atoms with Gasteiger partial charge in [0.2, 0.25) is 0 Å². The summed E-state index contributed by atoms with van der Waals surface area (Å²) in [5.41, 5.74) is 5.97. The second-order valence-corrected chi connectivity index (χ2v) is 6.99. The fourth-order valence-corrected chi connectivity index (χ4v) is 2.92. The number of thiophene rings is 1. The normalized spacial score (nSPS) is 12.0. The molecule has 0 aliphatic heterocycles. The minimum absolute atomic E-state index is 0.378. The van der Waals surface area contributed by atoms with Gasteiger partial charge in [-0.05, 0) is 49.9 Å². The van der Waals surface area contributed by atoms with Crippen LogP contribution in [0, 0.1) is 5.41 Å². The van der Waals surface area contributed by atoms with E-state index in [2.05, 4.69) is 25.2 Å². The molecular formula is C13H23ClN2S. The number of nitrogens with one attached hydrogen (secondary N) is 1. The van der Waals surface area contributed by atoms with E-state index in [9.17, 15) is 0 Å². The summed E-state index contributed by atoms with van der Waals surface area (Å²) in [6.45, 7) is 7.35. The summed E-state index contributed by atoms with van der Waals surface area (Å²) in [4.78, 5) is 1.30. The summed E-state index contributed by atoms with van der Waals surface area (Å²) in [6.07, 6.45) is 3.53. The predicted octanol–water partition coefficient (Wildman–Crippen LogP) is 3.65. The molecule has 17 heavy (non-hydrogen) atoms. The predicted molar refractivity (Wildman–Crippen MR) is 77.7 cm³/mol. The molecule has 2 nitrogen and oxygen atoms in total. The average Bonchev–Trinajstić information content (AvgIpc) is 2.63. The first kappa shape index (κ1) is 15.0. The Labute approximate surface area is 114 Å². The van der Waals surface area contributed by atoms with Crippen molar-refractivity contribution >= 4 is 22.9 Å². The standard InChI is InChI=1S/C13H23ClN2S/c1-13(2,7-8-15)6-3-9-16-10-11-4-5-12(14)17-11/h4-5,16H,3,6-10,15H2,1-2H3. The lowest BCUT2D eigenvalue weighted by Gasteiger charge is -2.23. The maximum atomic E-state index is 5.87. The van der Waals surface area contributed by atoms with Crippen molar-refractivity contribution in [1.82, 2.24) is 5.32 Å². The minimum Gasteiger partial charge on any atom is -0.330 e. The van der Waals surface area contributed by atoms with Gasteiger partial charge in [0.05, 0.1) is 4.34 Å². The van der Waals surface area contributed by atoms with Crippen LogP contribution in [0.3, 0.4) is 0 Å². The van der Waals surface area contributed by atoms with Gasteiger partial charge in [-0.15, -0.1) is 11.3 Å². The Morgan fingerprint density at radius 2 is 2.12 bits per heavy atom. The molecule has 0 saturated heterocycles. The van der Waals surface area contributed by atoms with Crippen LogP contribution in [0.2, 0.25) is 4.34 Å². The molecule has 1 heterocycles. The molecule has 0 aliphatic rings. The van der Waals surface area contributed by atoms with Crippen molar-refractivity contribution in [2.24, 2.45) is 11.1 Å². The van der Waals surface area contributed by atoms with Crippen molar-refractivity contribution in [3.8, 4) is 0 Å². The highest BCUT2D eigenvalue weighted by molar-refractivity contribution is 7.16. The lowest BCUT2D eigenvalue weighted by molar-refractivity contribution is 0.302. The third-order valence-corrected chi connectivity index (χ3v) is 4.19. The number of hydrogen-bond acceptors (Lipinski definition) is 3. The summed E-state index contributed by atoms with van der Waals surface area (Å²) in [7, 11) is 0. The second-order valence-electron chi connectivity index (χ2n) is 5.19. The number of rotatable bonds is 8. The van der Waals surface area contributed by atoms with E-state index in [1.807, 2.05) is 6.07 Å². The molecule has 1 rings (SSSR count). The highest BCUT2D eigenvalue weighted by atomic mass is 35.5. The Bertz CT molecular complexity index is 323. The van der Waals surface area contributed by atoms with Crippen LogP contribution in [0.5, 0.6) is 0 Å². The topological polar surface area (TPSA) is 38.0 Å². The van der Waals surface area contributed by atoms with Crippen LogP contribution in [0.4, 0.5) is 0 Å². The summed E-state index contributed by atoms with van der Waals surface area (Å²) in [5.74, 6) is 0. The van der Waals surface area contributed by atoms with Crippen molar-refractivity contribution < 1.29 is 0 Å². The van der Waals surface area contributed by atoms with Crippen LogP contribution in [-0.2, 0) is 6.54 Å². The molecule has 0 aliphatic carbocycles. The lowest BCUT2D eigenvalue weighted by atomic mass is 9.84. The fourth-order valence-electron chi connectivity index (χ4n) is 1.87. The highest BCUT2D eigenvalue weighted by Crippen LogP contribution is 2.25. The largest absolute Gasteiger partial charge is 0.330 e. The van der Waals surface area contributed by atoms with Crippen molar-refractivity contribution in [3.05, 3.63) is 21.3 Å². The summed E-state index contributed by atoms with van der Waals surface area (Å²) >= 11 is 7.52. The van der Waals surface area contributed by atoms with Gasteiger partial charge in [0.1, 0.15) is 0 Å². The zero-order valence-corrected chi connectivity index (χ0v) is 12.3. The Kier molecular flexibility index (Phi) is 6.49. The molecule has 0 radical (unpaired) electrons. The summed E-state index contributed by atoms with van der Waals surface area (Å²) in [6, 6.07) is 4.03. The molecule has 0 aromatic carbocycles. The van der Waals surface area contributed by atoms with E-state index in [1.54, 1.807) is 11.3 Å². The van der Waals surface area contributed by atoms with E-state index < -0.39 is 0 Å². The van der Waals surface area contributed by atoms with Gasteiger partial charge in [0.15, 0.2) is 0 Å². The quantitative estimate of drug-likeness (QED) is 0.710. The Balaban J connectivity index is 2.08. The smallest absolute Gasteiger partial charge is 0.0931 e. The molecule has 0 amide bonds. The molecule has 0 bridgehead atoms. The maximum Gasteiger partial charge on any atom is 0.0931 e. The number of nitrogens with two attached hydrogens (primary N) is 1. The molecular weight excluding hydrogens is 252 g/mol. The van der Waals surface area contributed by atoms with Gasteiger partial charge in [0.25, 0.3) is 0 Å². The zero-order chi connectivity index (χ0) is 12.7. The van der Waals surface area contributed by atoms with Crippen LogP contribution in [0.15, 0.2) is 12.1 Å². The van der Waals surface area contributed by atoms with Crippen molar-refractivity contribution in [1.29, 1.82) is 0 Å². The Hall–Kier alpha value is -0.0900.